The van der Waals surface area contributed by atoms with Gasteiger partial charge in [-0.2, -0.15) is 0 Å². The molecule has 142 valence electrons. The fraction of sp³-hybridized carbons (Fsp3) is 0.400. The monoisotopic (exact) mass is 400 g/mol. The number of ether oxygens (including phenoxy) is 2. The summed E-state index contributed by atoms with van der Waals surface area (Å²) in [5.41, 5.74) is 0. The Morgan fingerprint density at radius 2 is 1.88 bits per heavy atom. The zero-order valence-corrected chi connectivity index (χ0v) is 16.2. The molecule has 0 aliphatic carbocycles. The lowest BCUT2D eigenvalue weighted by molar-refractivity contribution is -0.115. The van der Waals surface area contributed by atoms with Gasteiger partial charge in [-0.25, -0.2) is 13.1 Å². The van der Waals surface area contributed by atoms with Crippen molar-refractivity contribution < 1.29 is 22.7 Å². The fourth-order valence-corrected chi connectivity index (χ4v) is 3.98. The van der Waals surface area contributed by atoms with E-state index < -0.39 is 16.1 Å². The van der Waals surface area contributed by atoms with E-state index in [1.807, 2.05) is 0 Å². The number of carbonyl (C=O) groups excluding carboxylic acids is 1. The normalized spacial score (nSPS) is 12.4. The van der Waals surface area contributed by atoms with Gasteiger partial charge in [0.15, 0.2) is 0 Å². The van der Waals surface area contributed by atoms with E-state index in [0.717, 1.165) is 11.3 Å². The fourth-order valence-electron chi connectivity index (χ4n) is 1.82. The predicted molar refractivity (Wildman–Crippen MR) is 97.1 cm³/mol. The molecule has 9 nitrogen and oxygen atoms in total. The zero-order valence-electron chi connectivity index (χ0n) is 14.6. The first kappa shape index (κ1) is 20.1. The van der Waals surface area contributed by atoms with Crippen LogP contribution >= 0.6 is 11.3 Å². The van der Waals surface area contributed by atoms with Gasteiger partial charge in [0.1, 0.15) is 18.1 Å². The maximum absolute atomic E-state index is 12.3. The van der Waals surface area contributed by atoms with Gasteiger partial charge >= 0.3 is 0 Å². The van der Waals surface area contributed by atoms with Crippen molar-refractivity contribution in [2.24, 2.45) is 0 Å². The number of methoxy groups -OCH3 is 1. The minimum Gasteiger partial charge on any atom is -0.497 e. The Morgan fingerprint density at radius 3 is 2.50 bits per heavy atom. The third-order valence-electron chi connectivity index (χ3n) is 3.12. The van der Waals surface area contributed by atoms with Crippen LogP contribution in [0.1, 0.15) is 20.3 Å². The summed E-state index contributed by atoms with van der Waals surface area (Å²) in [6, 6.07) is 6.45. The van der Waals surface area contributed by atoms with Crippen LogP contribution in [0.5, 0.6) is 11.5 Å². The number of hydrogen-bond acceptors (Lipinski definition) is 8. The lowest BCUT2D eigenvalue weighted by atomic mass is 10.3. The maximum Gasteiger partial charge on any atom is 0.270 e. The van der Waals surface area contributed by atoms with Crippen molar-refractivity contribution in [3.63, 3.8) is 0 Å². The first-order valence-electron chi connectivity index (χ1n) is 7.76. The molecule has 1 amide bonds. The molecule has 26 heavy (non-hydrogen) atoms. The molecule has 1 aromatic heterocycles. The molecule has 0 saturated carbocycles. The summed E-state index contributed by atoms with van der Waals surface area (Å²) < 4.78 is 37.5. The molecule has 2 N–H and O–H groups in total. The molecule has 1 aromatic carbocycles. The van der Waals surface area contributed by atoms with Crippen LogP contribution in [0.3, 0.4) is 0 Å². The van der Waals surface area contributed by atoms with Crippen LogP contribution in [-0.4, -0.2) is 44.3 Å². The van der Waals surface area contributed by atoms with Gasteiger partial charge in [-0.3, -0.25) is 4.79 Å². The number of rotatable bonds is 9. The Labute approximate surface area is 155 Å². The summed E-state index contributed by atoms with van der Waals surface area (Å²) in [5.74, 6) is 1.03. The number of anilines is 1. The molecule has 0 spiro atoms. The summed E-state index contributed by atoms with van der Waals surface area (Å²) in [4.78, 5) is 11.3. The summed E-state index contributed by atoms with van der Waals surface area (Å²) in [5, 5.41) is 9.89. The maximum atomic E-state index is 12.3. The van der Waals surface area contributed by atoms with Crippen LogP contribution in [0.25, 0.3) is 0 Å². The van der Waals surface area contributed by atoms with Gasteiger partial charge in [0.25, 0.3) is 10.0 Å². The molecule has 2 aromatic rings. The molecule has 0 unspecified atom stereocenters. The molecular formula is C15H20N4O5S2. The van der Waals surface area contributed by atoms with Crippen LogP contribution in [0.4, 0.5) is 5.13 Å². The van der Waals surface area contributed by atoms with Gasteiger partial charge in [0.2, 0.25) is 15.4 Å². The topological polar surface area (TPSA) is 120 Å². The van der Waals surface area contributed by atoms with Crippen LogP contribution in [-0.2, 0) is 14.8 Å². The smallest absolute Gasteiger partial charge is 0.270 e. The standard InChI is InChI=1S/C15H20N4O5S2/c1-4-13(20)16-14-17-18-15(25-14)26(21,22)19-10(2)9-24-12-7-5-11(23-3)6-8-12/h5-8,10,19H,4,9H2,1-3H3,(H,16,17,20)/t10-/m0/s1. The summed E-state index contributed by atoms with van der Waals surface area (Å²) in [7, 11) is -2.28. The van der Waals surface area contributed by atoms with E-state index in [9.17, 15) is 13.2 Å². The van der Waals surface area contributed by atoms with Gasteiger partial charge < -0.3 is 14.8 Å². The molecule has 0 radical (unpaired) electrons. The third kappa shape index (κ3) is 5.64. The van der Waals surface area contributed by atoms with E-state index in [2.05, 4.69) is 20.2 Å². The highest BCUT2D eigenvalue weighted by Gasteiger charge is 2.23. The summed E-state index contributed by atoms with van der Waals surface area (Å²) in [6.45, 7) is 3.48. The Balaban J connectivity index is 1.92. The lowest BCUT2D eigenvalue weighted by Gasteiger charge is -2.14. The molecule has 1 heterocycles. The van der Waals surface area contributed by atoms with Crippen LogP contribution < -0.4 is 19.5 Å². The second-order valence-electron chi connectivity index (χ2n) is 5.28. The number of aromatic nitrogens is 2. The Bertz CT molecular complexity index is 836. The largest absolute Gasteiger partial charge is 0.497 e. The first-order valence-corrected chi connectivity index (χ1v) is 10.1. The first-order chi connectivity index (χ1) is 12.3. The highest BCUT2D eigenvalue weighted by atomic mass is 32.2. The molecular weight excluding hydrogens is 380 g/mol. The summed E-state index contributed by atoms with van der Waals surface area (Å²) >= 11 is 0.785. The van der Waals surface area contributed by atoms with Crippen LogP contribution in [0.15, 0.2) is 28.6 Å². The predicted octanol–water partition coefficient (Wildman–Crippen LogP) is 1.64. The van der Waals surface area contributed by atoms with Gasteiger partial charge in [-0.05, 0) is 31.2 Å². The van der Waals surface area contributed by atoms with Gasteiger partial charge in [-0.1, -0.05) is 18.3 Å². The van der Waals surface area contributed by atoms with E-state index in [1.54, 1.807) is 45.2 Å². The van der Waals surface area contributed by atoms with Gasteiger partial charge in [-0.15, -0.1) is 10.2 Å². The molecule has 0 bridgehead atoms. The van der Waals surface area contributed by atoms with Gasteiger partial charge in [0, 0.05) is 6.42 Å². The van der Waals surface area contributed by atoms with Crippen LogP contribution in [0, 0.1) is 0 Å². The number of nitrogens with one attached hydrogen (secondary N) is 2. The highest BCUT2D eigenvalue weighted by Crippen LogP contribution is 2.20. The van der Waals surface area contributed by atoms with Crippen molar-refractivity contribution in [2.75, 3.05) is 19.0 Å². The number of amides is 1. The third-order valence-corrected chi connectivity index (χ3v) is 5.92. The SMILES string of the molecule is CCC(=O)Nc1nnc(S(=O)(=O)N[C@@H](C)COc2ccc(OC)cc2)s1. The Hall–Kier alpha value is -2.24. The summed E-state index contributed by atoms with van der Waals surface area (Å²) in [6.07, 6.45) is 0.264. The number of sulfonamides is 1. The number of nitrogens with zero attached hydrogens (tertiary/aromatic N) is 2. The molecule has 0 aliphatic rings. The average molecular weight is 400 g/mol. The minimum absolute atomic E-state index is 0.129. The molecule has 0 aliphatic heterocycles. The number of carbonyl (C=O) groups is 1. The van der Waals surface area contributed by atoms with Gasteiger partial charge in [0.05, 0.1) is 13.2 Å². The Morgan fingerprint density at radius 1 is 1.23 bits per heavy atom. The van der Waals surface area contributed by atoms with E-state index in [4.69, 9.17) is 9.47 Å². The van der Waals surface area contributed by atoms with Crippen LogP contribution in [0.2, 0.25) is 0 Å². The zero-order chi connectivity index (χ0) is 19.2. The quantitative estimate of drug-likeness (QED) is 0.614. The second-order valence-corrected chi connectivity index (χ2v) is 8.15. The van der Waals surface area contributed by atoms with E-state index in [0.29, 0.717) is 11.5 Å². The van der Waals surface area contributed by atoms with Crippen molar-refractivity contribution in [2.45, 2.75) is 30.6 Å². The molecule has 0 fully saturated rings. The van der Waals surface area contributed by atoms with Crippen molar-refractivity contribution in [1.29, 1.82) is 0 Å². The minimum atomic E-state index is -3.85. The molecule has 11 heteroatoms. The van der Waals surface area contributed by atoms with Crippen molar-refractivity contribution >= 4 is 32.4 Å². The van der Waals surface area contributed by atoms with E-state index >= 15 is 0 Å². The number of hydrogen-bond donors (Lipinski definition) is 2. The van der Waals surface area contributed by atoms with Crippen molar-refractivity contribution in [1.82, 2.24) is 14.9 Å². The lowest BCUT2D eigenvalue weighted by Crippen LogP contribution is -2.36. The van der Waals surface area contributed by atoms with Crippen molar-refractivity contribution in [3.05, 3.63) is 24.3 Å². The average Bonchev–Trinajstić information content (AvgIpc) is 3.09. The van der Waals surface area contributed by atoms with E-state index in [1.165, 1.54) is 0 Å². The molecule has 2 rings (SSSR count). The number of benzene rings is 1. The Kier molecular flexibility index (Phi) is 6.89. The molecule has 0 saturated heterocycles. The van der Waals surface area contributed by atoms with E-state index in [-0.39, 0.29) is 28.4 Å². The highest BCUT2D eigenvalue weighted by molar-refractivity contribution is 7.91. The van der Waals surface area contributed by atoms with Crippen molar-refractivity contribution in [3.8, 4) is 11.5 Å². The second kappa shape index (κ2) is 8.92. The molecule has 1 atom stereocenters.